The number of nitrogens with one attached hydrogen (secondary N) is 1. The predicted molar refractivity (Wildman–Crippen MR) is 121 cm³/mol. The Bertz CT molecular complexity index is 1160. The van der Waals surface area contributed by atoms with Crippen LogP contribution in [-0.2, 0) is 4.79 Å². The normalized spacial score (nSPS) is 17.0. The number of carbonyl (C=O) groups is 1. The van der Waals surface area contributed by atoms with Crippen LogP contribution in [0.15, 0.2) is 90.6 Å². The Hall–Kier alpha value is -3.45. The summed E-state index contributed by atoms with van der Waals surface area (Å²) in [7, 11) is 0. The molecule has 0 saturated heterocycles. The van der Waals surface area contributed by atoms with E-state index < -0.39 is 12.4 Å². The summed E-state index contributed by atoms with van der Waals surface area (Å²) in [6.45, 7) is 1.95. The van der Waals surface area contributed by atoms with E-state index >= 15 is 0 Å². The maximum absolute atomic E-state index is 13.4. The Labute approximate surface area is 194 Å². The second-order valence-corrected chi connectivity index (χ2v) is 8.01. The van der Waals surface area contributed by atoms with Gasteiger partial charge in [0, 0.05) is 16.8 Å². The Morgan fingerprint density at radius 3 is 2.33 bits per heavy atom. The van der Waals surface area contributed by atoms with E-state index in [2.05, 4.69) is 10.1 Å². The minimum Gasteiger partial charge on any atom is -0.406 e. The number of amides is 1. The number of alkyl halides is 3. The van der Waals surface area contributed by atoms with Gasteiger partial charge in [-0.3, -0.25) is 9.69 Å². The van der Waals surface area contributed by atoms with Crippen LogP contribution in [0.4, 0.5) is 18.9 Å². The molecular weight excluding hydrogens is 453 g/mol. The largest absolute Gasteiger partial charge is 0.573 e. The number of anilines is 1. The first-order chi connectivity index (χ1) is 15.7. The number of nitrogens with zero attached hydrogens (tertiary/aromatic N) is 1. The average Bonchev–Trinajstić information content (AvgIpc) is 3.10. The van der Waals surface area contributed by atoms with E-state index in [4.69, 9.17) is 11.6 Å². The van der Waals surface area contributed by atoms with Gasteiger partial charge >= 0.3 is 6.36 Å². The highest BCUT2D eigenvalue weighted by molar-refractivity contribution is 6.30. The van der Waals surface area contributed by atoms with E-state index in [1.165, 1.54) is 29.2 Å². The molecular formula is C25H20ClF3N2O2. The zero-order chi connectivity index (χ0) is 23.6. The van der Waals surface area contributed by atoms with Gasteiger partial charge in [0.2, 0.25) is 0 Å². The third-order valence-electron chi connectivity index (χ3n) is 5.26. The van der Waals surface area contributed by atoms with Crippen LogP contribution in [-0.4, -0.2) is 12.3 Å². The van der Waals surface area contributed by atoms with Crippen LogP contribution in [0.2, 0.25) is 5.02 Å². The van der Waals surface area contributed by atoms with E-state index in [9.17, 15) is 18.0 Å². The molecule has 0 unspecified atom stereocenters. The van der Waals surface area contributed by atoms with Crippen molar-refractivity contribution in [1.82, 2.24) is 5.32 Å². The van der Waals surface area contributed by atoms with Gasteiger partial charge in [-0.2, -0.15) is 0 Å². The zero-order valence-electron chi connectivity index (χ0n) is 17.5. The van der Waals surface area contributed by atoms with Gasteiger partial charge in [-0.1, -0.05) is 54.1 Å². The third kappa shape index (κ3) is 5.31. The van der Waals surface area contributed by atoms with Crippen molar-refractivity contribution < 1.29 is 22.7 Å². The van der Waals surface area contributed by atoms with E-state index in [0.717, 1.165) is 11.1 Å². The first-order valence-electron chi connectivity index (χ1n) is 10.2. The molecule has 0 fully saturated rings. The van der Waals surface area contributed by atoms with Gasteiger partial charge in [0.15, 0.2) is 0 Å². The number of rotatable bonds is 6. The van der Waals surface area contributed by atoms with Gasteiger partial charge in [0.05, 0.1) is 11.7 Å². The van der Waals surface area contributed by atoms with E-state index in [1.54, 1.807) is 24.3 Å². The molecule has 1 aliphatic rings. The third-order valence-corrected chi connectivity index (χ3v) is 5.50. The summed E-state index contributed by atoms with van der Waals surface area (Å²) in [4.78, 5) is 14.9. The number of halogens is 4. The molecule has 33 heavy (non-hydrogen) atoms. The van der Waals surface area contributed by atoms with Crippen molar-refractivity contribution in [3.8, 4) is 5.75 Å². The van der Waals surface area contributed by atoms with Gasteiger partial charge in [0.1, 0.15) is 5.75 Å². The van der Waals surface area contributed by atoms with Gasteiger partial charge in [-0.05, 0) is 60.5 Å². The molecule has 2 atom stereocenters. The van der Waals surface area contributed by atoms with Crippen molar-refractivity contribution in [3.05, 3.63) is 107 Å². The number of ether oxygens (including phenoxy) is 1. The summed E-state index contributed by atoms with van der Waals surface area (Å²) in [6.07, 6.45) is -2.99. The number of hydrogen-bond acceptors (Lipinski definition) is 3. The molecule has 1 aliphatic heterocycles. The van der Waals surface area contributed by atoms with Crippen LogP contribution in [0.3, 0.4) is 0 Å². The average molecular weight is 473 g/mol. The van der Waals surface area contributed by atoms with Gasteiger partial charge < -0.3 is 10.1 Å². The molecule has 1 amide bonds. The van der Waals surface area contributed by atoms with E-state index in [1.807, 2.05) is 43.3 Å². The molecule has 8 heteroatoms. The lowest BCUT2D eigenvalue weighted by Crippen LogP contribution is -2.33. The fraction of sp³-hybridized carbons (Fsp3) is 0.160. The minimum absolute atomic E-state index is 0.135. The molecule has 3 aromatic carbocycles. The highest BCUT2D eigenvalue weighted by atomic mass is 35.5. The van der Waals surface area contributed by atoms with Crippen molar-refractivity contribution in [1.29, 1.82) is 0 Å². The van der Waals surface area contributed by atoms with Crippen LogP contribution in [0, 0.1) is 0 Å². The molecule has 0 spiro atoms. The lowest BCUT2D eigenvalue weighted by atomic mass is 10.1. The van der Waals surface area contributed by atoms with Crippen molar-refractivity contribution in [2.75, 3.05) is 4.90 Å². The Morgan fingerprint density at radius 2 is 1.70 bits per heavy atom. The standard InChI is InChI=1S/C25H20ClF3N2O2/c1-16(17-6-3-2-4-7-17)30-22-15-23(18-8-5-9-19(26)14-18)31(24(22)32)20-10-12-21(13-11-20)33-25(27,28)29/h2-16,23,30H,1H3/t16-,23+/m1/s1. The Balaban J connectivity index is 1.65. The molecule has 0 radical (unpaired) electrons. The summed E-state index contributed by atoms with van der Waals surface area (Å²) >= 11 is 6.17. The van der Waals surface area contributed by atoms with Crippen LogP contribution in [0.25, 0.3) is 0 Å². The van der Waals surface area contributed by atoms with Crippen LogP contribution in [0.1, 0.15) is 30.1 Å². The summed E-state index contributed by atoms with van der Waals surface area (Å²) in [5.41, 5.74) is 2.61. The topological polar surface area (TPSA) is 41.6 Å². The highest BCUT2D eigenvalue weighted by Gasteiger charge is 2.36. The first kappa shape index (κ1) is 22.7. The molecule has 0 bridgehead atoms. The smallest absolute Gasteiger partial charge is 0.406 e. The molecule has 0 aromatic heterocycles. The lowest BCUT2D eigenvalue weighted by Gasteiger charge is -2.26. The van der Waals surface area contributed by atoms with Crippen LogP contribution >= 0.6 is 11.6 Å². The summed E-state index contributed by atoms with van der Waals surface area (Å²) in [6, 6.07) is 21.4. The number of hydrogen-bond donors (Lipinski definition) is 1. The van der Waals surface area contributed by atoms with Crippen LogP contribution in [0.5, 0.6) is 5.75 Å². The molecule has 1 heterocycles. The summed E-state index contributed by atoms with van der Waals surface area (Å²) < 4.78 is 41.5. The molecule has 0 aliphatic carbocycles. The Kier molecular flexibility index (Phi) is 6.33. The molecule has 0 saturated carbocycles. The first-order valence-corrected chi connectivity index (χ1v) is 10.6. The highest BCUT2D eigenvalue weighted by Crippen LogP contribution is 2.37. The van der Waals surface area contributed by atoms with Crippen LogP contribution < -0.4 is 15.0 Å². The second-order valence-electron chi connectivity index (χ2n) is 7.57. The lowest BCUT2D eigenvalue weighted by molar-refractivity contribution is -0.274. The van der Waals surface area contributed by atoms with E-state index in [-0.39, 0.29) is 17.7 Å². The SMILES string of the molecule is C[C@@H](NC1=C[C@@H](c2cccc(Cl)c2)N(c2ccc(OC(F)(F)F)cc2)C1=O)c1ccccc1. The van der Waals surface area contributed by atoms with Crippen molar-refractivity contribution >= 4 is 23.2 Å². The monoisotopic (exact) mass is 472 g/mol. The molecule has 1 N–H and O–H groups in total. The fourth-order valence-electron chi connectivity index (χ4n) is 3.75. The van der Waals surface area contributed by atoms with Crippen molar-refractivity contribution in [3.63, 3.8) is 0 Å². The predicted octanol–water partition coefficient (Wildman–Crippen LogP) is 6.56. The van der Waals surface area contributed by atoms with Gasteiger partial charge in [-0.15, -0.1) is 13.2 Å². The molecule has 170 valence electrons. The second kappa shape index (κ2) is 9.19. The number of benzene rings is 3. The van der Waals surface area contributed by atoms with E-state index in [0.29, 0.717) is 16.4 Å². The fourth-order valence-corrected chi connectivity index (χ4v) is 3.95. The maximum atomic E-state index is 13.4. The quantitative estimate of drug-likeness (QED) is 0.441. The van der Waals surface area contributed by atoms with Crippen molar-refractivity contribution in [2.45, 2.75) is 25.4 Å². The molecule has 4 nitrogen and oxygen atoms in total. The number of carbonyl (C=O) groups excluding carboxylic acids is 1. The molecule has 4 rings (SSSR count). The summed E-state index contributed by atoms with van der Waals surface area (Å²) in [5, 5.41) is 3.78. The van der Waals surface area contributed by atoms with Crippen molar-refractivity contribution in [2.24, 2.45) is 0 Å². The minimum atomic E-state index is -4.79. The summed E-state index contributed by atoms with van der Waals surface area (Å²) in [5.74, 6) is -0.659. The zero-order valence-corrected chi connectivity index (χ0v) is 18.3. The molecule has 3 aromatic rings. The maximum Gasteiger partial charge on any atom is 0.573 e. The van der Waals surface area contributed by atoms with Gasteiger partial charge in [0.25, 0.3) is 5.91 Å². The van der Waals surface area contributed by atoms with Gasteiger partial charge in [-0.25, -0.2) is 0 Å². The Morgan fingerprint density at radius 1 is 1.00 bits per heavy atom.